The summed E-state index contributed by atoms with van der Waals surface area (Å²) in [5.41, 5.74) is 0.211. The normalized spacial score (nSPS) is 13.6. The van der Waals surface area contributed by atoms with E-state index in [1.807, 2.05) is 0 Å². The summed E-state index contributed by atoms with van der Waals surface area (Å²) < 4.78 is 4.48. The molecule has 0 saturated carbocycles. The highest BCUT2D eigenvalue weighted by Gasteiger charge is 2.21. The Bertz CT molecular complexity index is 502. The van der Waals surface area contributed by atoms with Gasteiger partial charge in [0, 0.05) is 12.7 Å². The van der Waals surface area contributed by atoms with E-state index in [0.29, 0.717) is 0 Å². The molecule has 0 aliphatic rings. The van der Waals surface area contributed by atoms with E-state index in [4.69, 9.17) is 0 Å². The molecule has 3 N–H and O–H groups in total. The smallest absolute Gasteiger partial charge is 0.341 e. The Morgan fingerprint density at radius 3 is 2.50 bits per heavy atom. The van der Waals surface area contributed by atoms with Crippen LogP contribution in [-0.2, 0) is 9.53 Å². The van der Waals surface area contributed by atoms with Crippen LogP contribution in [0.5, 0.6) is 5.75 Å². The molecular formula is C13H16O6S. The number of phenols is 1. The van der Waals surface area contributed by atoms with Crippen molar-refractivity contribution in [2.75, 3.05) is 12.9 Å². The zero-order valence-electron chi connectivity index (χ0n) is 11.1. The molecule has 0 bridgehead atoms. The molecule has 7 heteroatoms. The maximum atomic E-state index is 11.3. The number of methoxy groups -OCH3 is 1. The second-order valence-corrected chi connectivity index (χ2v) is 5.28. The molecule has 0 aliphatic carbocycles. The van der Waals surface area contributed by atoms with Gasteiger partial charge in [-0.05, 0) is 17.7 Å². The molecule has 0 radical (unpaired) electrons. The van der Waals surface area contributed by atoms with E-state index in [0.717, 1.165) is 11.8 Å². The van der Waals surface area contributed by atoms with E-state index >= 15 is 0 Å². The van der Waals surface area contributed by atoms with E-state index in [2.05, 4.69) is 4.74 Å². The average molecular weight is 300 g/mol. The van der Waals surface area contributed by atoms with Crippen molar-refractivity contribution in [1.29, 1.82) is 0 Å². The number of hydrogen-bond acceptors (Lipinski definition) is 7. The maximum Gasteiger partial charge on any atom is 0.341 e. The van der Waals surface area contributed by atoms with Gasteiger partial charge in [-0.2, -0.15) is 0 Å². The number of ether oxygens (including phenoxy) is 1. The lowest BCUT2D eigenvalue weighted by molar-refractivity contribution is -0.109. The Morgan fingerprint density at radius 1 is 1.35 bits per heavy atom. The third-order valence-corrected chi connectivity index (χ3v) is 3.51. The van der Waals surface area contributed by atoms with Crippen LogP contribution in [0.3, 0.4) is 0 Å². The van der Waals surface area contributed by atoms with Gasteiger partial charge in [0.2, 0.25) is 0 Å². The van der Waals surface area contributed by atoms with Crippen LogP contribution in [0.4, 0.5) is 0 Å². The van der Waals surface area contributed by atoms with Crippen LogP contribution in [0.25, 0.3) is 0 Å². The summed E-state index contributed by atoms with van der Waals surface area (Å²) in [5.74, 6) is -1.01. The van der Waals surface area contributed by atoms with Gasteiger partial charge in [0.15, 0.2) is 5.12 Å². The Kier molecular flexibility index (Phi) is 6.00. The van der Waals surface area contributed by atoms with E-state index in [-0.39, 0.29) is 27.7 Å². The summed E-state index contributed by atoms with van der Waals surface area (Å²) >= 11 is 0.893. The molecule has 0 saturated heterocycles. The van der Waals surface area contributed by atoms with E-state index < -0.39 is 18.2 Å². The Labute approximate surface area is 120 Å². The van der Waals surface area contributed by atoms with E-state index in [9.17, 15) is 24.9 Å². The molecule has 0 aromatic heterocycles. The summed E-state index contributed by atoms with van der Waals surface area (Å²) in [6, 6.07) is 3.88. The van der Waals surface area contributed by atoms with Crippen molar-refractivity contribution in [3.63, 3.8) is 0 Å². The van der Waals surface area contributed by atoms with Crippen molar-refractivity contribution >= 4 is 22.8 Å². The minimum atomic E-state index is -1.26. The van der Waals surface area contributed by atoms with Gasteiger partial charge in [-0.15, -0.1) is 0 Å². The third-order valence-electron chi connectivity index (χ3n) is 2.59. The van der Waals surface area contributed by atoms with Gasteiger partial charge >= 0.3 is 5.97 Å². The van der Waals surface area contributed by atoms with Crippen molar-refractivity contribution in [3.8, 4) is 5.75 Å². The van der Waals surface area contributed by atoms with Gasteiger partial charge in [0.05, 0.1) is 13.2 Å². The fourth-order valence-corrected chi connectivity index (χ4v) is 2.12. The number of thioether (sulfide) groups is 1. The first kappa shape index (κ1) is 16.5. The monoisotopic (exact) mass is 300 g/mol. The first-order valence-corrected chi connectivity index (χ1v) is 6.76. The topological polar surface area (TPSA) is 104 Å². The lowest BCUT2D eigenvalue weighted by Gasteiger charge is -2.18. The second-order valence-electron chi connectivity index (χ2n) is 4.08. The van der Waals surface area contributed by atoms with Crippen LogP contribution >= 0.6 is 11.8 Å². The van der Waals surface area contributed by atoms with Crippen LogP contribution in [0, 0.1) is 0 Å². The predicted octanol–water partition coefficient (Wildman–Crippen LogP) is 0.853. The Balaban J connectivity index is 2.84. The fraction of sp³-hybridized carbons (Fsp3) is 0.385. The zero-order valence-corrected chi connectivity index (χ0v) is 11.9. The summed E-state index contributed by atoms with van der Waals surface area (Å²) in [6.07, 6.45) is -2.42. The highest BCUT2D eigenvalue weighted by molar-refractivity contribution is 8.13. The number of hydrogen-bond donors (Lipinski definition) is 3. The van der Waals surface area contributed by atoms with Gasteiger partial charge in [0.1, 0.15) is 17.4 Å². The van der Waals surface area contributed by atoms with Crippen molar-refractivity contribution in [2.24, 2.45) is 0 Å². The van der Waals surface area contributed by atoms with Gasteiger partial charge in [0.25, 0.3) is 0 Å². The molecule has 0 heterocycles. The van der Waals surface area contributed by atoms with Crippen LogP contribution in [0.1, 0.15) is 28.9 Å². The first-order chi connectivity index (χ1) is 9.36. The Morgan fingerprint density at radius 2 is 2.00 bits per heavy atom. The van der Waals surface area contributed by atoms with Gasteiger partial charge in [-0.3, -0.25) is 4.79 Å². The molecule has 1 aromatic rings. The highest BCUT2D eigenvalue weighted by atomic mass is 32.2. The summed E-state index contributed by atoms with van der Waals surface area (Å²) in [5, 5.41) is 29.2. The molecular weight excluding hydrogens is 284 g/mol. The molecule has 2 unspecified atom stereocenters. The summed E-state index contributed by atoms with van der Waals surface area (Å²) in [6.45, 7) is 1.36. The number of aromatic hydroxyl groups is 1. The van der Waals surface area contributed by atoms with E-state index in [1.165, 1.54) is 32.2 Å². The average Bonchev–Trinajstić information content (AvgIpc) is 2.42. The number of aliphatic hydroxyl groups excluding tert-OH is 2. The quantitative estimate of drug-likeness (QED) is 0.692. The van der Waals surface area contributed by atoms with Crippen molar-refractivity contribution in [3.05, 3.63) is 29.3 Å². The molecule has 6 nitrogen and oxygen atoms in total. The maximum absolute atomic E-state index is 11.3. The molecule has 1 aromatic carbocycles. The first-order valence-electron chi connectivity index (χ1n) is 5.77. The zero-order chi connectivity index (χ0) is 15.3. The molecule has 110 valence electrons. The number of esters is 1. The van der Waals surface area contributed by atoms with Crippen LogP contribution < -0.4 is 0 Å². The van der Waals surface area contributed by atoms with E-state index in [1.54, 1.807) is 0 Å². The standard InChI is InChI=1S/C13H16O6S/c1-7(14)20-6-11(16)12(17)8-3-4-9(10(15)5-8)13(18)19-2/h3-5,11-12,15-17H,6H2,1-2H3. The second kappa shape index (κ2) is 7.28. The lowest BCUT2D eigenvalue weighted by atomic mass is 10.0. The molecule has 20 heavy (non-hydrogen) atoms. The number of benzene rings is 1. The third kappa shape index (κ3) is 4.22. The van der Waals surface area contributed by atoms with Crippen LogP contribution in [-0.4, -0.2) is 45.4 Å². The molecule has 2 atom stereocenters. The lowest BCUT2D eigenvalue weighted by Crippen LogP contribution is -2.21. The molecule has 1 rings (SSSR count). The molecule has 0 aliphatic heterocycles. The molecule has 0 spiro atoms. The van der Waals surface area contributed by atoms with Crippen molar-refractivity contribution in [2.45, 2.75) is 19.1 Å². The Hall–Kier alpha value is -1.57. The van der Waals surface area contributed by atoms with Crippen LogP contribution in [0.15, 0.2) is 18.2 Å². The predicted molar refractivity (Wildman–Crippen MR) is 73.6 cm³/mol. The van der Waals surface area contributed by atoms with Gasteiger partial charge in [-0.25, -0.2) is 4.79 Å². The highest BCUT2D eigenvalue weighted by Crippen LogP contribution is 2.26. The van der Waals surface area contributed by atoms with Crippen molar-refractivity contribution < 1.29 is 29.6 Å². The van der Waals surface area contributed by atoms with Crippen molar-refractivity contribution in [1.82, 2.24) is 0 Å². The van der Waals surface area contributed by atoms with Gasteiger partial charge < -0.3 is 20.1 Å². The minimum Gasteiger partial charge on any atom is -0.507 e. The van der Waals surface area contributed by atoms with Crippen LogP contribution in [0.2, 0.25) is 0 Å². The summed E-state index contributed by atoms with van der Waals surface area (Å²) in [7, 11) is 1.19. The number of rotatable bonds is 5. The number of phenolic OH excluding ortho intramolecular Hbond substituents is 1. The largest absolute Gasteiger partial charge is 0.507 e. The number of carbonyl (C=O) groups is 2. The minimum absolute atomic E-state index is 0.0314. The number of carbonyl (C=O) groups excluding carboxylic acids is 2. The van der Waals surface area contributed by atoms with Gasteiger partial charge in [-0.1, -0.05) is 17.8 Å². The SMILES string of the molecule is COC(=O)c1ccc(C(O)C(O)CSC(C)=O)cc1O. The fourth-order valence-electron chi connectivity index (χ4n) is 1.53. The number of aliphatic hydroxyl groups is 2. The summed E-state index contributed by atoms with van der Waals surface area (Å²) in [4.78, 5) is 22.1. The molecule has 0 fully saturated rings. The molecule has 0 amide bonds.